The maximum Gasteiger partial charge on any atom is 0.305 e. The number of nitrogens with zero attached hydrogens (tertiary/aromatic N) is 3. The van der Waals surface area contributed by atoms with Crippen molar-refractivity contribution in [2.45, 2.75) is 208 Å². The molecule has 3 aliphatic heterocycles. The Bertz CT molecular complexity index is 3220. The summed E-state index contributed by atoms with van der Waals surface area (Å²) in [5.74, 6) is -11.9. The normalized spacial score (nSPS) is 25.1. The number of benzene rings is 2. The summed E-state index contributed by atoms with van der Waals surface area (Å²) < 4.78 is 6.17. The number of aliphatic carboxylic acids is 2. The molecule has 101 heavy (non-hydrogen) atoms. The van der Waals surface area contributed by atoms with E-state index < -0.39 is 163 Å². The van der Waals surface area contributed by atoms with Gasteiger partial charge >= 0.3 is 11.9 Å². The van der Waals surface area contributed by atoms with Crippen molar-refractivity contribution < 1.29 is 92.3 Å². The molecule has 0 spiro atoms. The minimum absolute atomic E-state index is 0.0204. The Morgan fingerprint density at radius 1 is 0.663 bits per heavy atom. The Kier molecular flexibility index (Phi) is 34.9. The van der Waals surface area contributed by atoms with E-state index >= 15 is 0 Å². The highest BCUT2D eigenvalue weighted by Gasteiger charge is 2.43. The van der Waals surface area contributed by atoms with Crippen LogP contribution in [0.15, 0.2) is 47.6 Å². The van der Waals surface area contributed by atoms with Gasteiger partial charge in [-0.1, -0.05) is 37.2 Å². The molecule has 558 valence electrons. The molecule has 0 saturated carbocycles. The van der Waals surface area contributed by atoms with E-state index in [2.05, 4.69) is 47.7 Å². The van der Waals surface area contributed by atoms with Gasteiger partial charge in [0, 0.05) is 43.2 Å². The largest absolute Gasteiger partial charge is 0.508 e. The third kappa shape index (κ3) is 27.9. The number of hydrogen-bond acceptors (Lipinski definition) is 21. The Labute approximate surface area is 595 Å². The smallest absolute Gasteiger partial charge is 0.305 e. The van der Waals surface area contributed by atoms with Gasteiger partial charge in [0.05, 0.1) is 19.1 Å². The lowest BCUT2D eigenvalue weighted by molar-refractivity contribution is -0.145. The van der Waals surface area contributed by atoms with Crippen molar-refractivity contribution in [3.05, 3.63) is 59.2 Å². The first-order chi connectivity index (χ1) is 48.1. The molecule has 2 aromatic rings. The summed E-state index contributed by atoms with van der Waals surface area (Å²) in [5, 5.41) is 65.0. The number of aliphatic hydroxyl groups is 1. The Hall–Kier alpha value is -8.76. The van der Waals surface area contributed by atoms with Crippen molar-refractivity contribution in [2.75, 3.05) is 44.9 Å². The molecule has 2 saturated heterocycles. The van der Waals surface area contributed by atoms with E-state index in [1.165, 1.54) is 47.9 Å². The number of aliphatic hydroxyl groups excluding tert-OH is 1. The third-order valence-corrected chi connectivity index (χ3v) is 18.6. The molecular formula is C67H99N13O19S2. The fraction of sp³-hybridized carbons (Fsp3) is 0.612. The number of hydrogen-bond donors (Lipinski definition) is 14. The zero-order valence-corrected chi connectivity index (χ0v) is 59.4. The molecule has 34 heteroatoms. The zero-order valence-electron chi connectivity index (χ0n) is 57.7. The van der Waals surface area contributed by atoms with Crippen LogP contribution in [0.1, 0.15) is 141 Å². The molecule has 3 heterocycles. The molecule has 11 amide bonds. The zero-order chi connectivity index (χ0) is 74.3. The van der Waals surface area contributed by atoms with Crippen LogP contribution >= 0.6 is 23.5 Å². The van der Waals surface area contributed by atoms with E-state index in [0.717, 1.165) is 42.0 Å². The van der Waals surface area contributed by atoms with Crippen molar-refractivity contribution in [3.8, 4) is 11.5 Å². The number of phenols is 1. The molecule has 2 aromatic carbocycles. The van der Waals surface area contributed by atoms with Gasteiger partial charge in [0.25, 0.3) is 5.91 Å². The first-order valence-corrected chi connectivity index (χ1v) is 36.5. The van der Waals surface area contributed by atoms with E-state index in [1.807, 2.05) is 24.5 Å². The van der Waals surface area contributed by atoms with Crippen LogP contribution in [0.3, 0.4) is 0 Å². The second kappa shape index (κ2) is 42.5. The average molecular weight is 1450 g/mol. The van der Waals surface area contributed by atoms with Gasteiger partial charge in [0.2, 0.25) is 59.1 Å². The van der Waals surface area contributed by atoms with Crippen LogP contribution in [0.25, 0.3) is 0 Å². The van der Waals surface area contributed by atoms with Gasteiger partial charge in [-0.15, -0.1) is 0 Å². The highest BCUT2D eigenvalue weighted by Crippen LogP contribution is 2.26. The Balaban J connectivity index is 1.44. The van der Waals surface area contributed by atoms with Crippen molar-refractivity contribution in [1.82, 2.24) is 52.3 Å². The number of amides is 11. The first-order valence-electron chi connectivity index (χ1n) is 34.0. The number of nitrogens with two attached hydrogens (primary N) is 2. The maximum atomic E-state index is 14.6. The number of fused-ring (bicyclic) bond motifs is 4. The second-order valence-electron chi connectivity index (χ2n) is 25.7. The molecule has 16 N–H and O–H groups in total. The van der Waals surface area contributed by atoms with Gasteiger partial charge in [-0.3, -0.25) is 62.3 Å². The number of primary amides is 1. The number of carbonyl (C=O) groups excluding carboxylic acids is 11. The molecule has 0 aromatic heterocycles. The van der Waals surface area contributed by atoms with Crippen molar-refractivity contribution >= 4 is 107 Å². The number of carboxylic acids is 2. The molecule has 2 bridgehead atoms. The van der Waals surface area contributed by atoms with Crippen LogP contribution in [-0.4, -0.2) is 225 Å². The van der Waals surface area contributed by atoms with Crippen LogP contribution in [0.2, 0.25) is 0 Å². The number of unbranched alkanes of at least 4 members (excludes halogenated alkanes) is 1. The van der Waals surface area contributed by atoms with E-state index in [9.17, 15) is 82.8 Å². The van der Waals surface area contributed by atoms with Gasteiger partial charge < -0.3 is 93.8 Å². The number of ether oxygens (including phenoxy) is 1. The number of carbonyl (C=O) groups is 13. The summed E-state index contributed by atoms with van der Waals surface area (Å²) in [4.78, 5) is 186. The standard InChI is InChI=1S/C67H99N13O19S2/c1-38(2)28-48-61(91)74-50(33-56(86)87)63(93)78-57(40(4)81)67(97)80-25-13-16-53(80)65(95)76-49(32-41-17-19-44(82)20-18-41)62(92)73-47(21-22-55(84)85)60(90)77-51(58(69)88)37-101-36-43-29-42(35-100-5)30-45(31-43)98-26-10-6-7-11-27-99-70-34-54(83)72-46(14-8-9-23-68)59(89)71-39(3)66(96)79-24-12-15-52(79)64(94)75-48/h17-20,29-31,34,38-40,46-53,57,81-82H,6-16,21-28,32-33,35-37,68H2,1-5H3,(H2,69,88)(H,71,89)(H,72,83)(H,73,92)(H,74,91)(H,75,94)(H,76,95)(H,77,90)(H,78,93)(H,84,85)(H,86,87)/t39-,40+,46-,47-,48-,49-,50-,51-,52-,53-,57-/m0/s1. The number of oxime groups is 1. The van der Waals surface area contributed by atoms with Crippen LogP contribution in [0.5, 0.6) is 11.5 Å². The van der Waals surface area contributed by atoms with Crippen LogP contribution in [0.4, 0.5) is 0 Å². The van der Waals surface area contributed by atoms with Gasteiger partial charge in [-0.05, 0) is 157 Å². The third-order valence-electron chi connectivity index (χ3n) is 16.9. The van der Waals surface area contributed by atoms with Gasteiger partial charge in [0.1, 0.15) is 84.7 Å². The van der Waals surface area contributed by atoms with Crippen molar-refractivity contribution in [1.29, 1.82) is 0 Å². The van der Waals surface area contributed by atoms with Crippen LogP contribution in [-0.2, 0) is 85.1 Å². The molecule has 5 rings (SSSR count). The summed E-state index contributed by atoms with van der Waals surface area (Å²) in [5.41, 5.74) is 13.7. The minimum Gasteiger partial charge on any atom is -0.508 e. The van der Waals surface area contributed by atoms with E-state index in [0.29, 0.717) is 68.1 Å². The number of rotatable bonds is 17. The lowest BCUT2D eigenvalue weighted by Crippen LogP contribution is -2.62. The number of aromatic hydroxyl groups is 1. The summed E-state index contributed by atoms with van der Waals surface area (Å²) in [6.07, 6.45) is 3.08. The van der Waals surface area contributed by atoms with Gasteiger partial charge in [-0.2, -0.15) is 23.5 Å². The molecule has 11 atom stereocenters. The molecule has 3 aliphatic rings. The lowest BCUT2D eigenvalue weighted by atomic mass is 10.0. The number of thioether (sulfide) groups is 2. The maximum absolute atomic E-state index is 14.6. The minimum atomic E-state index is -1.95. The Morgan fingerprint density at radius 2 is 1.25 bits per heavy atom. The molecule has 32 nitrogen and oxygen atoms in total. The highest BCUT2D eigenvalue weighted by atomic mass is 32.2. The van der Waals surface area contributed by atoms with Crippen LogP contribution < -0.4 is 58.7 Å². The molecular weight excluding hydrogens is 1350 g/mol. The molecule has 0 unspecified atom stereocenters. The van der Waals surface area contributed by atoms with Gasteiger partial charge in [-0.25, -0.2) is 0 Å². The fourth-order valence-corrected chi connectivity index (χ4v) is 13.2. The summed E-state index contributed by atoms with van der Waals surface area (Å²) in [6, 6.07) is -3.39. The average Bonchev–Trinajstić information content (AvgIpc) is 1.74. The molecule has 2 fully saturated rings. The van der Waals surface area contributed by atoms with Crippen LogP contribution in [0, 0.1) is 5.92 Å². The lowest BCUT2D eigenvalue weighted by Gasteiger charge is -2.32. The fourth-order valence-electron chi connectivity index (χ4n) is 11.7. The van der Waals surface area contributed by atoms with Crippen molar-refractivity contribution in [2.24, 2.45) is 22.5 Å². The summed E-state index contributed by atoms with van der Waals surface area (Å²) in [7, 11) is 0. The monoisotopic (exact) mass is 1450 g/mol. The van der Waals surface area contributed by atoms with Gasteiger partial charge in [0.15, 0.2) is 0 Å². The van der Waals surface area contributed by atoms with E-state index in [-0.39, 0.29) is 75.6 Å². The van der Waals surface area contributed by atoms with Crippen molar-refractivity contribution in [3.63, 3.8) is 0 Å². The molecule has 0 aliphatic carbocycles. The second-order valence-corrected chi connectivity index (χ2v) is 27.6. The Morgan fingerprint density at radius 3 is 1.86 bits per heavy atom. The number of carboxylic acid groups (broad SMARTS) is 2. The predicted octanol–water partition coefficient (Wildman–Crippen LogP) is -0.0527. The van der Waals surface area contributed by atoms with E-state index in [4.69, 9.17) is 21.0 Å². The highest BCUT2D eigenvalue weighted by molar-refractivity contribution is 7.98. The quantitative estimate of drug-likeness (QED) is 0.0923. The first kappa shape index (κ1) is 82.9. The number of nitrogens with one attached hydrogen (secondary N) is 8. The predicted molar refractivity (Wildman–Crippen MR) is 373 cm³/mol. The topological polar surface area (TPSA) is 488 Å². The number of phenolic OH excluding ortho intramolecular Hbond substituents is 1. The van der Waals surface area contributed by atoms with E-state index in [1.54, 1.807) is 25.6 Å². The SMILES string of the molecule is CSCc1cc2cc(c1)OCCCCCCON=CC(=O)N[C@@H](CCCCN)C(=O)N[C@@H](C)C(=O)N1CCC[C@H]1C(=O)N[C@@H](CC(C)C)C(=O)N[C@@H](CC(=O)O)C(=O)N[C@@H]([C@@H](C)O)C(=O)N1CCC[C@H]1C(=O)N[C@@H](Cc1ccc(O)cc1)C(=O)N[C@@H](CCC(=O)O)C(=O)N[C@H](C(N)=O)CSC2. The summed E-state index contributed by atoms with van der Waals surface area (Å²) in [6.45, 7) is 6.82. The summed E-state index contributed by atoms with van der Waals surface area (Å²) >= 11 is 2.85. The molecule has 0 radical (unpaired) electrons.